The van der Waals surface area contributed by atoms with Gasteiger partial charge in [-0.15, -0.1) is 0 Å². The van der Waals surface area contributed by atoms with Crippen LogP contribution in [0.1, 0.15) is 6.42 Å². The first kappa shape index (κ1) is 12.0. The summed E-state index contributed by atoms with van der Waals surface area (Å²) in [5.74, 6) is 0. The fraction of sp³-hybridized carbons (Fsp3) is 0.750. The molecule has 0 fully saturated rings. The molecule has 47 valence electrons. The number of halogens is 2. The van der Waals surface area contributed by atoms with E-state index in [2.05, 4.69) is 11.7 Å². The maximum atomic E-state index is 4.90. The number of hydrogen-bond acceptors (Lipinski definition) is 1. The van der Waals surface area contributed by atoms with Crippen molar-refractivity contribution in [3.05, 3.63) is 6.92 Å². The van der Waals surface area contributed by atoms with Gasteiger partial charge in [0.2, 0.25) is 0 Å². The first-order valence-corrected chi connectivity index (χ1v) is 6.51. The Labute approximate surface area is 68.0 Å². The summed E-state index contributed by atoms with van der Waals surface area (Å²) in [6, 6.07) is 0. The Balaban J connectivity index is 0. The van der Waals surface area contributed by atoms with Gasteiger partial charge in [0.25, 0.3) is 0 Å². The summed E-state index contributed by atoms with van der Waals surface area (Å²) in [5.41, 5.74) is 0. The maximum absolute atomic E-state index is 4.90. The van der Waals surface area contributed by atoms with Crippen LogP contribution in [0.2, 0.25) is 0 Å². The molecular formula is C4H9Cl2MgO. The first-order chi connectivity index (χ1) is 3.83. The monoisotopic (exact) mass is 167 g/mol. The van der Waals surface area contributed by atoms with Crippen molar-refractivity contribution < 1.29 is 4.74 Å². The molecule has 0 aromatic rings. The van der Waals surface area contributed by atoms with Gasteiger partial charge in [0.15, 0.2) is 0 Å². The van der Waals surface area contributed by atoms with E-state index < -0.39 is 18.2 Å². The van der Waals surface area contributed by atoms with Crippen molar-refractivity contribution in [2.75, 3.05) is 13.7 Å². The molecule has 0 atom stereocenters. The Morgan fingerprint density at radius 3 is 2.00 bits per heavy atom. The van der Waals surface area contributed by atoms with Crippen LogP contribution in [0.5, 0.6) is 0 Å². The summed E-state index contributed by atoms with van der Waals surface area (Å²) in [4.78, 5) is 0. The summed E-state index contributed by atoms with van der Waals surface area (Å²) in [7, 11) is 11.5. The molecule has 0 bridgehead atoms. The van der Waals surface area contributed by atoms with E-state index in [0.29, 0.717) is 0 Å². The van der Waals surface area contributed by atoms with Gasteiger partial charge < -0.3 is 22.9 Å². The Morgan fingerprint density at radius 1 is 1.62 bits per heavy atom. The minimum atomic E-state index is -0.639. The highest BCUT2D eigenvalue weighted by molar-refractivity contribution is 7.22. The third-order valence-electron chi connectivity index (χ3n) is 0.348. The SMILES string of the molecule is [CH2]CCOC.[Cl][Mg][Cl]. The van der Waals surface area contributed by atoms with Crippen LogP contribution in [-0.2, 0) is 4.74 Å². The van der Waals surface area contributed by atoms with Gasteiger partial charge >= 0.3 is 18.2 Å². The molecule has 0 aromatic heterocycles. The summed E-state index contributed by atoms with van der Waals surface area (Å²) >= 11 is -0.639. The first-order valence-electron chi connectivity index (χ1n) is 2.23. The highest BCUT2D eigenvalue weighted by Gasteiger charge is 1.66. The molecule has 0 aliphatic carbocycles. The van der Waals surface area contributed by atoms with Crippen LogP contribution in [0.25, 0.3) is 0 Å². The summed E-state index contributed by atoms with van der Waals surface area (Å²) in [6.07, 6.45) is 0.872. The number of rotatable bonds is 2. The Bertz CT molecular complexity index is 28.0. The van der Waals surface area contributed by atoms with Crippen LogP contribution in [0, 0.1) is 6.92 Å². The summed E-state index contributed by atoms with van der Waals surface area (Å²) < 4.78 is 4.63. The molecule has 0 unspecified atom stereocenters. The van der Waals surface area contributed by atoms with Crippen molar-refractivity contribution >= 4 is 36.3 Å². The molecule has 1 radical (unpaired) electrons. The summed E-state index contributed by atoms with van der Waals surface area (Å²) in [6.45, 7) is 4.33. The molecule has 8 heavy (non-hydrogen) atoms. The second-order valence-corrected chi connectivity index (χ2v) is 3.57. The average molecular weight is 168 g/mol. The fourth-order valence-electron chi connectivity index (χ4n) is 0.144. The van der Waals surface area contributed by atoms with Crippen molar-refractivity contribution in [1.82, 2.24) is 0 Å². The Hall–Kier alpha value is 1.31. The molecule has 0 N–H and O–H groups in total. The zero-order valence-corrected chi connectivity index (χ0v) is 7.92. The van der Waals surface area contributed by atoms with Crippen LogP contribution < -0.4 is 0 Å². The third-order valence-corrected chi connectivity index (χ3v) is 0.348. The van der Waals surface area contributed by atoms with E-state index in [1.54, 1.807) is 7.11 Å². The number of hydrogen-bond donors (Lipinski definition) is 0. The van der Waals surface area contributed by atoms with Crippen molar-refractivity contribution in [3.8, 4) is 0 Å². The molecule has 0 rings (SSSR count). The lowest BCUT2D eigenvalue weighted by Crippen LogP contribution is -1.81. The second kappa shape index (κ2) is 15.7. The zero-order chi connectivity index (χ0) is 6.83. The number of methoxy groups -OCH3 is 1. The van der Waals surface area contributed by atoms with Gasteiger partial charge in [-0.25, -0.2) is 0 Å². The predicted molar refractivity (Wildman–Crippen MR) is 39.3 cm³/mol. The van der Waals surface area contributed by atoms with Gasteiger partial charge in [0.1, 0.15) is 0 Å². The lowest BCUT2D eigenvalue weighted by atomic mass is 10.5. The highest BCUT2D eigenvalue weighted by atomic mass is 35.6. The molecule has 0 aliphatic heterocycles. The normalized spacial score (nSPS) is 6.50. The van der Waals surface area contributed by atoms with Gasteiger partial charge in [0, 0.05) is 13.7 Å². The largest absolute Gasteiger partial charge is 0.618 e. The van der Waals surface area contributed by atoms with E-state index in [1.165, 1.54) is 0 Å². The van der Waals surface area contributed by atoms with Crippen molar-refractivity contribution in [1.29, 1.82) is 0 Å². The van der Waals surface area contributed by atoms with Gasteiger partial charge in [-0.05, 0) is 6.42 Å². The van der Waals surface area contributed by atoms with Crippen LogP contribution in [0.4, 0.5) is 0 Å². The minimum absolute atomic E-state index is 0.639. The Kier molecular flexibility index (Phi) is 23.7. The lowest BCUT2D eigenvalue weighted by Gasteiger charge is -1.84. The van der Waals surface area contributed by atoms with Crippen molar-refractivity contribution in [2.24, 2.45) is 0 Å². The van der Waals surface area contributed by atoms with E-state index in [9.17, 15) is 0 Å². The molecule has 4 heteroatoms. The van der Waals surface area contributed by atoms with Gasteiger partial charge in [-0.1, -0.05) is 6.92 Å². The third kappa shape index (κ3) is 26.6. The highest BCUT2D eigenvalue weighted by Crippen LogP contribution is 1.69. The molecule has 0 aliphatic rings. The van der Waals surface area contributed by atoms with E-state index >= 15 is 0 Å². The van der Waals surface area contributed by atoms with Crippen LogP contribution >= 0.6 is 18.1 Å². The van der Waals surface area contributed by atoms with Crippen LogP contribution in [-0.4, -0.2) is 31.9 Å². The van der Waals surface area contributed by atoms with E-state index in [-0.39, 0.29) is 0 Å². The van der Waals surface area contributed by atoms with Crippen LogP contribution in [0.3, 0.4) is 0 Å². The van der Waals surface area contributed by atoms with Gasteiger partial charge in [-0.2, -0.15) is 0 Å². The smallest absolute Gasteiger partial charge is 0.385 e. The van der Waals surface area contributed by atoms with E-state index in [4.69, 9.17) is 18.1 Å². The molecule has 0 amide bonds. The van der Waals surface area contributed by atoms with Crippen molar-refractivity contribution in [3.63, 3.8) is 0 Å². The van der Waals surface area contributed by atoms with E-state index in [1.807, 2.05) is 0 Å². The van der Waals surface area contributed by atoms with Crippen LogP contribution in [0.15, 0.2) is 0 Å². The minimum Gasteiger partial charge on any atom is -0.385 e. The fourth-order valence-corrected chi connectivity index (χ4v) is 0.144. The average Bonchev–Trinajstić information content (AvgIpc) is 1.71. The molecule has 0 aromatic carbocycles. The van der Waals surface area contributed by atoms with Crippen molar-refractivity contribution in [2.45, 2.75) is 6.42 Å². The predicted octanol–water partition coefficient (Wildman–Crippen LogP) is 1.86. The topological polar surface area (TPSA) is 9.23 Å². The number of ether oxygens (including phenoxy) is 1. The zero-order valence-electron chi connectivity index (χ0n) is 4.99. The van der Waals surface area contributed by atoms with E-state index in [0.717, 1.165) is 13.0 Å². The molecule has 0 heterocycles. The Morgan fingerprint density at radius 2 is 2.00 bits per heavy atom. The molecule has 0 saturated carbocycles. The molecule has 1 nitrogen and oxygen atoms in total. The van der Waals surface area contributed by atoms with Gasteiger partial charge in [0.05, 0.1) is 0 Å². The standard InChI is InChI=1S/C4H9O.2ClH.Mg/c1-3-4-5-2;;;/h1,3-4H2,2H3;2*1H;/q;;;+2/p-2. The summed E-state index contributed by atoms with van der Waals surface area (Å²) in [5, 5.41) is 0. The molecular weight excluding hydrogens is 159 g/mol. The maximum Gasteiger partial charge on any atom is 0.618 e. The lowest BCUT2D eigenvalue weighted by molar-refractivity contribution is 0.204. The second-order valence-electron chi connectivity index (χ2n) is 0.947. The van der Waals surface area contributed by atoms with Gasteiger partial charge in [-0.3, -0.25) is 0 Å². The molecule has 0 spiro atoms. The quantitative estimate of drug-likeness (QED) is 0.572. The molecule has 0 saturated heterocycles.